The number of nitrogens with zero attached hydrogens (tertiary/aromatic N) is 1. The maximum absolute atomic E-state index is 10.2. The van der Waals surface area contributed by atoms with Crippen molar-refractivity contribution in [1.29, 1.82) is 0 Å². The molecule has 0 aliphatic rings. The minimum absolute atomic E-state index is 0.0856. The van der Waals surface area contributed by atoms with Crippen LogP contribution in [0.25, 0.3) is 0 Å². The lowest BCUT2D eigenvalue weighted by Gasteiger charge is -2.11. The van der Waals surface area contributed by atoms with Crippen molar-refractivity contribution >= 4 is 6.29 Å². The third kappa shape index (κ3) is 5.82. The molecule has 0 aliphatic carbocycles. The highest BCUT2D eigenvalue weighted by Crippen LogP contribution is 2.14. The fourth-order valence-electron chi connectivity index (χ4n) is 1.26. The number of hydrogen-bond acceptors (Lipinski definition) is 3. The molecule has 0 N–H and O–H groups in total. The van der Waals surface area contributed by atoms with Crippen molar-refractivity contribution in [3.63, 3.8) is 0 Å². The maximum Gasteiger partial charge on any atom is 0.207 e. The van der Waals surface area contributed by atoms with E-state index in [0.29, 0.717) is 12.3 Å². The molecule has 12 heavy (non-hydrogen) atoms. The summed E-state index contributed by atoms with van der Waals surface area (Å²) in [4.78, 5) is 20.0. The Morgan fingerprint density at radius 3 is 2.42 bits per heavy atom. The second-order valence-electron chi connectivity index (χ2n) is 3.41. The van der Waals surface area contributed by atoms with Crippen LogP contribution in [-0.2, 0) is 4.79 Å². The summed E-state index contributed by atoms with van der Waals surface area (Å²) in [5.41, 5.74) is 0. The maximum atomic E-state index is 10.2. The highest BCUT2D eigenvalue weighted by molar-refractivity contribution is 5.49. The first-order valence-corrected chi connectivity index (χ1v) is 4.11. The lowest BCUT2D eigenvalue weighted by atomic mass is 9.95. The summed E-state index contributed by atoms with van der Waals surface area (Å²) >= 11 is 0. The van der Waals surface area contributed by atoms with Crippen LogP contribution in [0.4, 0.5) is 0 Å². The van der Waals surface area contributed by atoms with Gasteiger partial charge in [-0.2, -0.15) is 0 Å². The number of hydrogen-bond donors (Lipinski definition) is 0. The van der Waals surface area contributed by atoms with Crippen LogP contribution in [0.15, 0.2) is 0 Å². The van der Waals surface area contributed by atoms with Crippen LogP contribution in [0.5, 0.6) is 0 Å². The first-order chi connectivity index (χ1) is 5.56. The fraction of sp³-hybridized carbons (Fsp3) is 0.875. The van der Waals surface area contributed by atoms with Gasteiger partial charge in [-0.3, -0.25) is 10.1 Å². The van der Waals surface area contributed by atoms with E-state index in [4.69, 9.17) is 0 Å². The van der Waals surface area contributed by atoms with Gasteiger partial charge in [-0.05, 0) is 12.3 Å². The third-order valence-corrected chi connectivity index (χ3v) is 1.64. The summed E-state index contributed by atoms with van der Waals surface area (Å²) < 4.78 is 0. The average Bonchev–Trinajstić information content (AvgIpc) is 1.84. The average molecular weight is 173 g/mol. The van der Waals surface area contributed by atoms with Crippen LogP contribution in [0.2, 0.25) is 0 Å². The number of carbonyl (C=O) groups is 1. The molecule has 0 spiro atoms. The van der Waals surface area contributed by atoms with Crippen molar-refractivity contribution in [2.24, 2.45) is 11.8 Å². The van der Waals surface area contributed by atoms with Gasteiger partial charge in [0, 0.05) is 17.3 Å². The Bertz CT molecular complexity index is 156. The zero-order chi connectivity index (χ0) is 9.56. The van der Waals surface area contributed by atoms with Crippen molar-refractivity contribution in [2.75, 3.05) is 6.54 Å². The van der Waals surface area contributed by atoms with Crippen molar-refractivity contribution in [3.8, 4) is 0 Å². The summed E-state index contributed by atoms with van der Waals surface area (Å²) in [6.07, 6.45) is 1.81. The zero-order valence-corrected chi connectivity index (χ0v) is 7.53. The summed E-state index contributed by atoms with van der Waals surface area (Å²) in [6, 6.07) is 0. The Morgan fingerprint density at radius 1 is 1.50 bits per heavy atom. The molecule has 0 aliphatic heterocycles. The van der Waals surface area contributed by atoms with Gasteiger partial charge in [0.05, 0.1) is 0 Å². The standard InChI is InChI=1S/C8H15NO3/c1-7(2)5-8(3-4-10)6-9(11)12/h4,7-8H,3,5-6H2,1-2H3/t8-/m0/s1. The largest absolute Gasteiger partial charge is 0.303 e. The van der Waals surface area contributed by atoms with Crippen molar-refractivity contribution in [1.82, 2.24) is 0 Å². The molecule has 1 atom stereocenters. The zero-order valence-electron chi connectivity index (χ0n) is 7.53. The van der Waals surface area contributed by atoms with E-state index in [2.05, 4.69) is 0 Å². The number of carbonyl (C=O) groups excluding carboxylic acids is 1. The van der Waals surface area contributed by atoms with E-state index >= 15 is 0 Å². The van der Waals surface area contributed by atoms with Gasteiger partial charge >= 0.3 is 0 Å². The first kappa shape index (κ1) is 11.1. The molecular formula is C8H15NO3. The van der Waals surface area contributed by atoms with Gasteiger partial charge < -0.3 is 4.79 Å². The van der Waals surface area contributed by atoms with Gasteiger partial charge in [-0.1, -0.05) is 13.8 Å². The molecule has 0 aromatic carbocycles. The summed E-state index contributed by atoms with van der Waals surface area (Å²) in [5.74, 6) is 0.326. The van der Waals surface area contributed by atoms with Crippen molar-refractivity contribution in [2.45, 2.75) is 26.7 Å². The molecule has 0 rings (SSSR count). The topological polar surface area (TPSA) is 60.2 Å². The molecular weight excluding hydrogens is 158 g/mol. The van der Waals surface area contributed by atoms with E-state index < -0.39 is 0 Å². The summed E-state index contributed by atoms with van der Waals surface area (Å²) in [7, 11) is 0. The quantitative estimate of drug-likeness (QED) is 0.347. The number of aldehydes is 1. The molecule has 0 saturated carbocycles. The minimum atomic E-state index is -0.351. The van der Waals surface area contributed by atoms with Crippen molar-refractivity contribution < 1.29 is 9.72 Å². The predicted octanol–water partition coefficient (Wildman–Crippen LogP) is 1.51. The second-order valence-corrected chi connectivity index (χ2v) is 3.41. The smallest absolute Gasteiger partial charge is 0.207 e. The monoisotopic (exact) mass is 173 g/mol. The van der Waals surface area contributed by atoms with Gasteiger partial charge in [0.25, 0.3) is 0 Å². The molecule has 4 heteroatoms. The first-order valence-electron chi connectivity index (χ1n) is 4.11. The van der Waals surface area contributed by atoms with Gasteiger partial charge in [0.2, 0.25) is 6.54 Å². The normalized spacial score (nSPS) is 12.9. The molecule has 4 nitrogen and oxygen atoms in total. The molecule has 0 heterocycles. The predicted molar refractivity (Wildman–Crippen MR) is 45.5 cm³/mol. The van der Waals surface area contributed by atoms with Gasteiger partial charge in [0.1, 0.15) is 6.29 Å². The van der Waals surface area contributed by atoms with E-state index in [1.54, 1.807) is 0 Å². The van der Waals surface area contributed by atoms with E-state index in [0.717, 1.165) is 12.7 Å². The molecule has 70 valence electrons. The van der Waals surface area contributed by atoms with Crippen molar-refractivity contribution in [3.05, 3.63) is 10.1 Å². The molecule has 0 amide bonds. The van der Waals surface area contributed by atoms with Crippen LogP contribution in [0.3, 0.4) is 0 Å². The lowest BCUT2D eigenvalue weighted by Crippen LogP contribution is -2.16. The number of rotatable bonds is 6. The molecule has 0 radical (unpaired) electrons. The molecule has 0 aromatic rings. The summed E-state index contributed by atoms with van der Waals surface area (Å²) in [6.45, 7) is 3.91. The van der Waals surface area contributed by atoms with Crippen LogP contribution in [0, 0.1) is 22.0 Å². The lowest BCUT2D eigenvalue weighted by molar-refractivity contribution is -0.488. The second kappa shape index (κ2) is 5.69. The highest BCUT2D eigenvalue weighted by atomic mass is 16.6. The molecule has 0 bridgehead atoms. The van der Waals surface area contributed by atoms with E-state index in [-0.39, 0.29) is 17.4 Å². The Morgan fingerprint density at radius 2 is 2.08 bits per heavy atom. The Hall–Kier alpha value is -0.930. The molecule has 0 saturated heterocycles. The SMILES string of the molecule is CC(C)C[C@H](CC=O)C[N+](=O)[O-]. The number of nitro groups is 1. The van der Waals surface area contributed by atoms with E-state index in [1.807, 2.05) is 13.8 Å². The third-order valence-electron chi connectivity index (χ3n) is 1.64. The van der Waals surface area contributed by atoms with Gasteiger partial charge in [-0.25, -0.2) is 0 Å². The van der Waals surface area contributed by atoms with Crippen LogP contribution < -0.4 is 0 Å². The minimum Gasteiger partial charge on any atom is -0.303 e. The molecule has 0 fully saturated rings. The Balaban J connectivity index is 3.85. The van der Waals surface area contributed by atoms with E-state index in [9.17, 15) is 14.9 Å². The van der Waals surface area contributed by atoms with Crippen LogP contribution >= 0.6 is 0 Å². The molecule has 0 unspecified atom stereocenters. The van der Waals surface area contributed by atoms with Gasteiger partial charge in [0.15, 0.2) is 0 Å². The highest BCUT2D eigenvalue weighted by Gasteiger charge is 2.15. The Kier molecular flexibility index (Phi) is 5.25. The summed E-state index contributed by atoms with van der Waals surface area (Å²) in [5, 5.41) is 10.2. The van der Waals surface area contributed by atoms with E-state index in [1.165, 1.54) is 0 Å². The fourth-order valence-corrected chi connectivity index (χ4v) is 1.26. The van der Waals surface area contributed by atoms with Crippen LogP contribution in [-0.4, -0.2) is 17.8 Å². The Labute approximate surface area is 72.1 Å². The van der Waals surface area contributed by atoms with Gasteiger partial charge in [-0.15, -0.1) is 0 Å². The van der Waals surface area contributed by atoms with Crippen LogP contribution in [0.1, 0.15) is 26.7 Å². The molecule has 0 aromatic heterocycles.